The van der Waals surface area contributed by atoms with Crippen LogP contribution in [0.1, 0.15) is 37.1 Å². The van der Waals surface area contributed by atoms with Crippen molar-refractivity contribution in [2.75, 3.05) is 12.3 Å². The van der Waals surface area contributed by atoms with Crippen LogP contribution in [0.2, 0.25) is 0 Å². The summed E-state index contributed by atoms with van der Waals surface area (Å²) in [6.45, 7) is 1.29. The fraction of sp³-hybridized carbons (Fsp3) is 0.667. The molecule has 0 spiro atoms. The number of oxazole rings is 1. The fourth-order valence-corrected chi connectivity index (χ4v) is 2.84. The standard InChI is InChI=1S/C12H17N3O2/c13-12-14-9-7-15(6-5-10(9)17-12)11(16)8-3-1-2-4-8/h8H,1-7H2,(H2,13,14). The smallest absolute Gasteiger partial charge is 0.292 e. The molecule has 5 nitrogen and oxygen atoms in total. The number of anilines is 1. The fourth-order valence-electron chi connectivity index (χ4n) is 2.84. The maximum absolute atomic E-state index is 12.3. The van der Waals surface area contributed by atoms with Gasteiger partial charge in [0.25, 0.3) is 6.01 Å². The first-order chi connectivity index (χ1) is 8.24. The van der Waals surface area contributed by atoms with E-state index in [9.17, 15) is 4.79 Å². The van der Waals surface area contributed by atoms with Gasteiger partial charge < -0.3 is 15.1 Å². The van der Waals surface area contributed by atoms with E-state index in [-0.39, 0.29) is 17.8 Å². The zero-order valence-electron chi connectivity index (χ0n) is 9.82. The molecule has 0 bridgehead atoms. The highest BCUT2D eigenvalue weighted by Crippen LogP contribution is 2.29. The third-order valence-electron chi connectivity index (χ3n) is 3.76. The van der Waals surface area contributed by atoms with Crippen LogP contribution in [0.5, 0.6) is 0 Å². The Morgan fingerprint density at radius 1 is 1.41 bits per heavy atom. The predicted molar refractivity (Wildman–Crippen MR) is 62.0 cm³/mol. The lowest BCUT2D eigenvalue weighted by Crippen LogP contribution is -2.39. The van der Waals surface area contributed by atoms with Crippen molar-refractivity contribution < 1.29 is 9.21 Å². The summed E-state index contributed by atoms with van der Waals surface area (Å²) in [5, 5.41) is 0. The summed E-state index contributed by atoms with van der Waals surface area (Å²) in [6.07, 6.45) is 5.20. The summed E-state index contributed by atoms with van der Waals surface area (Å²) in [5.74, 6) is 1.37. The number of hydrogen-bond acceptors (Lipinski definition) is 4. The van der Waals surface area contributed by atoms with E-state index in [2.05, 4.69) is 4.98 Å². The molecular formula is C12H17N3O2. The van der Waals surface area contributed by atoms with Crippen molar-refractivity contribution in [1.29, 1.82) is 0 Å². The van der Waals surface area contributed by atoms with Crippen molar-refractivity contribution in [3.63, 3.8) is 0 Å². The van der Waals surface area contributed by atoms with Gasteiger partial charge in [0.1, 0.15) is 11.5 Å². The Kier molecular flexibility index (Phi) is 2.53. The Bertz CT molecular complexity index is 435. The lowest BCUT2D eigenvalue weighted by molar-refractivity contribution is -0.136. The van der Waals surface area contributed by atoms with Gasteiger partial charge in [-0.3, -0.25) is 4.79 Å². The Morgan fingerprint density at radius 3 is 2.94 bits per heavy atom. The van der Waals surface area contributed by atoms with E-state index in [0.717, 1.165) is 37.3 Å². The monoisotopic (exact) mass is 235 g/mol. The molecule has 2 aliphatic rings. The highest BCUT2D eigenvalue weighted by molar-refractivity contribution is 5.79. The normalized spacial score (nSPS) is 20.6. The summed E-state index contributed by atoms with van der Waals surface area (Å²) in [5.41, 5.74) is 6.35. The molecule has 1 saturated carbocycles. The van der Waals surface area contributed by atoms with E-state index < -0.39 is 0 Å². The van der Waals surface area contributed by atoms with E-state index in [1.807, 2.05) is 4.90 Å². The average Bonchev–Trinajstić information content (AvgIpc) is 2.94. The van der Waals surface area contributed by atoms with Gasteiger partial charge in [0.2, 0.25) is 5.91 Å². The second kappa shape index (κ2) is 4.05. The number of carbonyl (C=O) groups is 1. The summed E-state index contributed by atoms with van der Waals surface area (Å²) in [7, 11) is 0. The Labute approximate surface area is 100.0 Å². The first-order valence-electron chi connectivity index (χ1n) is 6.27. The second-order valence-corrected chi connectivity index (χ2v) is 4.91. The molecular weight excluding hydrogens is 218 g/mol. The first kappa shape index (κ1) is 10.6. The summed E-state index contributed by atoms with van der Waals surface area (Å²) in [6, 6.07) is 0.213. The minimum absolute atomic E-state index is 0.213. The van der Waals surface area contributed by atoms with Crippen LogP contribution in [0, 0.1) is 5.92 Å². The summed E-state index contributed by atoms with van der Waals surface area (Å²) < 4.78 is 5.29. The quantitative estimate of drug-likeness (QED) is 0.797. The third-order valence-corrected chi connectivity index (χ3v) is 3.76. The van der Waals surface area contributed by atoms with Crippen LogP contribution in [0.3, 0.4) is 0 Å². The molecule has 0 radical (unpaired) electrons. The van der Waals surface area contributed by atoms with Crippen LogP contribution in [0.25, 0.3) is 0 Å². The number of amides is 1. The van der Waals surface area contributed by atoms with Crippen LogP contribution in [0.4, 0.5) is 6.01 Å². The average molecular weight is 235 g/mol. The minimum Gasteiger partial charge on any atom is -0.428 e. The van der Waals surface area contributed by atoms with Gasteiger partial charge in [-0.2, -0.15) is 4.98 Å². The van der Waals surface area contributed by atoms with E-state index in [1.165, 1.54) is 12.8 Å². The molecule has 2 N–H and O–H groups in total. The van der Waals surface area contributed by atoms with E-state index >= 15 is 0 Å². The number of fused-ring (bicyclic) bond motifs is 1. The predicted octanol–water partition coefficient (Wildman–Crippen LogP) is 1.33. The maximum Gasteiger partial charge on any atom is 0.292 e. The molecule has 2 heterocycles. The summed E-state index contributed by atoms with van der Waals surface area (Å²) in [4.78, 5) is 18.3. The second-order valence-electron chi connectivity index (χ2n) is 4.91. The molecule has 0 atom stereocenters. The molecule has 0 saturated heterocycles. The number of nitrogens with two attached hydrogens (primary N) is 1. The van der Waals surface area contributed by atoms with Gasteiger partial charge in [-0.1, -0.05) is 12.8 Å². The molecule has 0 unspecified atom stereocenters. The molecule has 1 fully saturated rings. The van der Waals surface area contributed by atoms with Gasteiger partial charge in [-0.05, 0) is 12.8 Å². The lowest BCUT2D eigenvalue weighted by Gasteiger charge is -2.27. The van der Waals surface area contributed by atoms with E-state index in [1.54, 1.807) is 0 Å². The highest BCUT2D eigenvalue weighted by atomic mass is 16.4. The first-order valence-corrected chi connectivity index (χ1v) is 6.27. The number of rotatable bonds is 1. The molecule has 1 aromatic heterocycles. The van der Waals surface area contributed by atoms with Crippen molar-refractivity contribution in [1.82, 2.24) is 9.88 Å². The van der Waals surface area contributed by atoms with Crippen molar-refractivity contribution in [3.8, 4) is 0 Å². The SMILES string of the molecule is Nc1nc2c(o1)CCN(C(=O)C1CCCC1)C2. The van der Waals surface area contributed by atoms with Gasteiger partial charge in [0.15, 0.2) is 0 Å². The van der Waals surface area contributed by atoms with Crippen LogP contribution in [-0.4, -0.2) is 22.3 Å². The molecule has 1 amide bonds. The van der Waals surface area contributed by atoms with Crippen molar-refractivity contribution in [2.24, 2.45) is 5.92 Å². The zero-order chi connectivity index (χ0) is 11.8. The van der Waals surface area contributed by atoms with Crippen molar-refractivity contribution in [3.05, 3.63) is 11.5 Å². The molecule has 1 aromatic rings. The van der Waals surface area contributed by atoms with Gasteiger partial charge in [0.05, 0.1) is 6.54 Å². The highest BCUT2D eigenvalue weighted by Gasteiger charge is 2.31. The Balaban J connectivity index is 1.72. The van der Waals surface area contributed by atoms with Crippen LogP contribution >= 0.6 is 0 Å². The zero-order valence-corrected chi connectivity index (χ0v) is 9.82. The molecule has 1 aliphatic heterocycles. The topological polar surface area (TPSA) is 72.4 Å². The van der Waals surface area contributed by atoms with E-state index in [4.69, 9.17) is 10.2 Å². The van der Waals surface area contributed by atoms with Gasteiger partial charge >= 0.3 is 0 Å². The number of hydrogen-bond donors (Lipinski definition) is 1. The molecule has 0 aromatic carbocycles. The maximum atomic E-state index is 12.3. The minimum atomic E-state index is 0.213. The summed E-state index contributed by atoms with van der Waals surface area (Å²) >= 11 is 0. The Hall–Kier alpha value is -1.52. The molecule has 92 valence electrons. The molecule has 17 heavy (non-hydrogen) atoms. The third kappa shape index (κ3) is 1.90. The Morgan fingerprint density at radius 2 is 2.18 bits per heavy atom. The van der Waals surface area contributed by atoms with Crippen molar-refractivity contribution in [2.45, 2.75) is 38.6 Å². The van der Waals surface area contributed by atoms with Gasteiger partial charge in [-0.25, -0.2) is 0 Å². The lowest BCUT2D eigenvalue weighted by atomic mass is 10.0. The van der Waals surface area contributed by atoms with E-state index in [0.29, 0.717) is 6.54 Å². The number of carbonyl (C=O) groups excluding carboxylic acids is 1. The van der Waals surface area contributed by atoms with Crippen LogP contribution in [0.15, 0.2) is 4.42 Å². The molecule has 1 aliphatic carbocycles. The molecule has 5 heteroatoms. The van der Waals surface area contributed by atoms with Gasteiger partial charge in [-0.15, -0.1) is 0 Å². The van der Waals surface area contributed by atoms with Gasteiger partial charge in [0, 0.05) is 18.9 Å². The van der Waals surface area contributed by atoms with Crippen LogP contribution in [-0.2, 0) is 17.8 Å². The van der Waals surface area contributed by atoms with Crippen molar-refractivity contribution >= 4 is 11.9 Å². The number of nitrogens with zero attached hydrogens (tertiary/aromatic N) is 2. The van der Waals surface area contributed by atoms with Crippen LogP contribution < -0.4 is 5.73 Å². The largest absolute Gasteiger partial charge is 0.428 e. The number of nitrogen functional groups attached to an aromatic ring is 1. The molecule has 3 rings (SSSR count). The number of aromatic nitrogens is 1.